The Morgan fingerprint density at radius 2 is 1.38 bits per heavy atom. The number of hydrogen-bond donors (Lipinski definition) is 4. The molecular weight excluding hydrogens is 674 g/mol. The van der Waals surface area contributed by atoms with Gasteiger partial charge in [-0.2, -0.15) is 0 Å². The van der Waals surface area contributed by atoms with Gasteiger partial charge in [0.05, 0.1) is 0 Å². The molecule has 0 saturated heterocycles. The molecule has 4 N–H and O–H groups in total. The molecular formula is C45H60F2O6. The fourth-order valence-electron chi connectivity index (χ4n) is 12.3. The summed E-state index contributed by atoms with van der Waals surface area (Å²) in [7, 11) is 0. The van der Waals surface area contributed by atoms with Crippen LogP contribution in [0.4, 0.5) is 8.78 Å². The molecule has 5 unspecified atom stereocenters. The quantitative estimate of drug-likeness (QED) is 0.173. The topological polar surface area (TPSA) is 115 Å². The summed E-state index contributed by atoms with van der Waals surface area (Å²) in [6.45, 7) is 12.4. The van der Waals surface area contributed by atoms with Crippen LogP contribution in [-0.4, -0.2) is 32.4 Å². The molecule has 0 aromatic heterocycles. The van der Waals surface area contributed by atoms with Crippen LogP contribution in [0, 0.1) is 69.8 Å². The van der Waals surface area contributed by atoms with Crippen molar-refractivity contribution in [3.05, 3.63) is 64.2 Å². The number of carboxylic acids is 2. The van der Waals surface area contributed by atoms with E-state index in [0.717, 1.165) is 79.0 Å². The maximum atomic E-state index is 14.8. The van der Waals surface area contributed by atoms with Crippen molar-refractivity contribution in [1.82, 2.24) is 0 Å². The summed E-state index contributed by atoms with van der Waals surface area (Å²) in [5.74, 6) is -1.38. The van der Waals surface area contributed by atoms with E-state index >= 15 is 0 Å². The molecule has 6 rings (SSSR count). The Kier molecular flexibility index (Phi) is 11.4. The summed E-state index contributed by atoms with van der Waals surface area (Å²) in [5.41, 5.74) is -0.121. The fraction of sp³-hybridized carbons (Fsp3) is 0.644. The second kappa shape index (κ2) is 15.4. The molecule has 0 aliphatic heterocycles. The number of fused-ring (bicyclic) bond motifs is 5. The van der Waals surface area contributed by atoms with Crippen LogP contribution in [0.1, 0.15) is 156 Å². The van der Waals surface area contributed by atoms with Crippen LogP contribution in [0.2, 0.25) is 0 Å². The van der Waals surface area contributed by atoms with Crippen LogP contribution in [0.15, 0.2) is 30.3 Å². The molecule has 0 amide bonds. The van der Waals surface area contributed by atoms with Crippen molar-refractivity contribution in [1.29, 1.82) is 0 Å². The minimum absolute atomic E-state index is 0.0667. The number of hydrogen-bond acceptors (Lipinski definition) is 4. The number of carbonyl (C=O) groups is 2. The molecule has 0 heterocycles. The summed E-state index contributed by atoms with van der Waals surface area (Å²) in [5, 5.41) is 39.4. The third-order valence-corrected chi connectivity index (χ3v) is 15.1. The lowest BCUT2D eigenvalue weighted by Gasteiger charge is -2.61. The Morgan fingerprint density at radius 1 is 0.792 bits per heavy atom. The highest BCUT2D eigenvalue weighted by Gasteiger charge is 2.60. The molecule has 4 saturated carbocycles. The molecule has 9 atom stereocenters. The number of aromatic hydroxyl groups is 2. The fourth-order valence-corrected chi connectivity index (χ4v) is 12.3. The van der Waals surface area contributed by atoms with E-state index in [9.17, 15) is 38.8 Å². The Hall–Kier alpha value is -3.42. The number of phenols is 2. The van der Waals surface area contributed by atoms with E-state index in [1.54, 1.807) is 6.08 Å². The molecule has 4 aliphatic carbocycles. The first-order valence-electron chi connectivity index (χ1n) is 20.3. The normalized spacial score (nSPS) is 31.3. The monoisotopic (exact) mass is 734 g/mol. The Bertz CT molecular complexity index is 1660. The van der Waals surface area contributed by atoms with E-state index in [-0.39, 0.29) is 16.7 Å². The molecule has 53 heavy (non-hydrogen) atoms. The van der Waals surface area contributed by atoms with Gasteiger partial charge < -0.3 is 20.4 Å². The van der Waals surface area contributed by atoms with Gasteiger partial charge in [-0.1, -0.05) is 60.0 Å². The van der Waals surface area contributed by atoms with Crippen molar-refractivity contribution in [2.24, 2.45) is 58.2 Å². The summed E-state index contributed by atoms with van der Waals surface area (Å²) in [4.78, 5) is 23.6. The van der Waals surface area contributed by atoms with Gasteiger partial charge in [0.1, 0.15) is 11.1 Å². The first kappa shape index (κ1) is 39.3. The smallest absolute Gasteiger partial charge is 0.339 e. The van der Waals surface area contributed by atoms with Crippen molar-refractivity contribution in [3.63, 3.8) is 0 Å². The third kappa shape index (κ3) is 7.50. The second-order valence-corrected chi connectivity index (χ2v) is 18.3. The van der Waals surface area contributed by atoms with Crippen molar-refractivity contribution >= 4 is 17.5 Å². The van der Waals surface area contributed by atoms with Crippen LogP contribution in [0.3, 0.4) is 0 Å². The van der Waals surface area contributed by atoms with E-state index in [2.05, 4.69) is 34.6 Å². The van der Waals surface area contributed by atoms with Gasteiger partial charge in [-0.3, -0.25) is 0 Å². The zero-order chi connectivity index (χ0) is 38.4. The molecule has 0 spiro atoms. The van der Waals surface area contributed by atoms with Gasteiger partial charge in [0.2, 0.25) is 0 Å². The molecule has 0 radical (unpaired) electrons. The lowest BCUT2D eigenvalue weighted by atomic mass is 9.44. The maximum absolute atomic E-state index is 14.8. The van der Waals surface area contributed by atoms with E-state index in [1.807, 2.05) is 0 Å². The number of halogens is 2. The summed E-state index contributed by atoms with van der Waals surface area (Å²) in [6.07, 6.45) is 18.7. The zero-order valence-electron chi connectivity index (χ0n) is 32.3. The van der Waals surface area contributed by atoms with E-state index in [0.29, 0.717) is 29.1 Å². The molecule has 4 aliphatic rings. The Morgan fingerprint density at radius 3 is 1.96 bits per heavy atom. The molecule has 4 fully saturated rings. The van der Waals surface area contributed by atoms with Crippen LogP contribution in [0.5, 0.6) is 11.5 Å². The average molecular weight is 735 g/mol. The lowest BCUT2D eigenvalue weighted by molar-refractivity contribution is -0.121. The summed E-state index contributed by atoms with van der Waals surface area (Å²) < 4.78 is 29.6. The number of rotatable bonds is 12. The van der Waals surface area contributed by atoms with Gasteiger partial charge in [-0.15, -0.1) is 0 Å². The second-order valence-electron chi connectivity index (χ2n) is 18.3. The van der Waals surface area contributed by atoms with Crippen LogP contribution in [0.25, 0.3) is 5.57 Å². The van der Waals surface area contributed by atoms with E-state index in [4.69, 9.17) is 0 Å². The minimum atomic E-state index is -1.53. The van der Waals surface area contributed by atoms with Crippen molar-refractivity contribution < 1.29 is 38.8 Å². The van der Waals surface area contributed by atoms with Crippen LogP contribution < -0.4 is 0 Å². The van der Waals surface area contributed by atoms with Crippen molar-refractivity contribution in [2.75, 3.05) is 0 Å². The number of aromatic carboxylic acids is 2. The largest absolute Gasteiger partial charge is 0.504 e. The molecule has 8 heteroatoms. The van der Waals surface area contributed by atoms with Gasteiger partial charge in [-0.25, -0.2) is 18.4 Å². The van der Waals surface area contributed by atoms with Crippen LogP contribution >= 0.6 is 0 Å². The molecule has 6 nitrogen and oxygen atoms in total. The SMILES string of the molecule is CC(C)CCC[C@@H](C)C1CCC2C3CCC4C[C@@H](CCC=C(c5cc(F)c(O)c(C(=O)O)c5)c5cc(F)c(O)c(C(=O)O)c5)CC[C@]4(C)C3CC[C@@]21C. The van der Waals surface area contributed by atoms with Crippen molar-refractivity contribution in [3.8, 4) is 11.5 Å². The van der Waals surface area contributed by atoms with Gasteiger partial charge in [0, 0.05) is 0 Å². The maximum Gasteiger partial charge on any atom is 0.339 e. The zero-order valence-corrected chi connectivity index (χ0v) is 32.3. The standard InChI is InChI=1S/C45H60F2O6/c1-25(2)8-6-9-26(3)35-14-15-36-32-13-12-30-20-27(16-18-44(30,4)37(32)17-19-45(35,36)5)10-7-11-31(28-21-33(42(50)51)40(48)38(46)23-28)29-22-34(43(52)53)41(49)39(47)24-29/h11,21-27,30,32,35-37,48-49H,6-10,12-20H2,1-5H3,(H,50,51)(H,52,53)/t26-,27+,30?,32?,35?,36?,37?,44+,45-/m1/s1. The van der Waals surface area contributed by atoms with Gasteiger partial charge in [0.15, 0.2) is 23.1 Å². The van der Waals surface area contributed by atoms with Gasteiger partial charge in [-0.05, 0) is 170 Å². The highest BCUT2D eigenvalue weighted by molar-refractivity contribution is 5.95. The predicted octanol–water partition coefficient (Wildman–Crippen LogP) is 11.7. The Balaban J connectivity index is 1.17. The molecule has 2 aromatic rings. The highest BCUT2D eigenvalue weighted by atomic mass is 19.1. The van der Waals surface area contributed by atoms with Gasteiger partial charge in [0.25, 0.3) is 0 Å². The summed E-state index contributed by atoms with van der Waals surface area (Å²) in [6, 6.07) is 4.16. The first-order chi connectivity index (χ1) is 25.0. The number of benzene rings is 2. The van der Waals surface area contributed by atoms with Crippen molar-refractivity contribution in [2.45, 2.75) is 125 Å². The van der Waals surface area contributed by atoms with E-state index in [1.165, 1.54) is 64.2 Å². The third-order valence-electron chi connectivity index (χ3n) is 15.1. The molecule has 0 bridgehead atoms. The predicted molar refractivity (Wildman–Crippen MR) is 203 cm³/mol. The first-order valence-corrected chi connectivity index (χ1v) is 20.3. The molecule has 290 valence electrons. The average Bonchev–Trinajstić information content (AvgIpc) is 3.46. The summed E-state index contributed by atoms with van der Waals surface area (Å²) >= 11 is 0. The van der Waals surface area contributed by atoms with Crippen LogP contribution in [-0.2, 0) is 0 Å². The number of allylic oxidation sites excluding steroid dienone is 1. The Labute approximate surface area is 314 Å². The lowest BCUT2D eigenvalue weighted by Crippen LogP contribution is -2.53. The molecule has 2 aromatic carbocycles. The van der Waals surface area contributed by atoms with E-state index < -0.39 is 46.2 Å². The minimum Gasteiger partial charge on any atom is -0.504 e. The van der Waals surface area contributed by atoms with Gasteiger partial charge >= 0.3 is 11.9 Å². The highest BCUT2D eigenvalue weighted by Crippen LogP contribution is 2.69. The number of carboxylic acid groups (broad SMARTS) is 2.